The molecule has 1 unspecified atom stereocenters. The van der Waals surface area contributed by atoms with E-state index in [0.717, 1.165) is 4.47 Å². The van der Waals surface area contributed by atoms with Gasteiger partial charge in [0.2, 0.25) is 0 Å². The minimum atomic E-state index is -1.74. The highest BCUT2D eigenvalue weighted by Gasteiger charge is 2.49. The van der Waals surface area contributed by atoms with Crippen LogP contribution in [0.15, 0.2) is 28.7 Å². The molecule has 0 aliphatic carbocycles. The van der Waals surface area contributed by atoms with Crippen LogP contribution >= 0.6 is 15.9 Å². The first-order valence-corrected chi connectivity index (χ1v) is 7.52. The number of rotatable bonds is 8. The van der Waals surface area contributed by atoms with Gasteiger partial charge in [0.15, 0.2) is 5.41 Å². The molecule has 1 atom stereocenters. The topological polar surface area (TPSA) is 72.8 Å². The molecule has 1 aromatic carbocycles. The third-order valence-electron chi connectivity index (χ3n) is 3.15. The summed E-state index contributed by atoms with van der Waals surface area (Å²) >= 11 is 3.29. The van der Waals surface area contributed by atoms with Gasteiger partial charge in [0.25, 0.3) is 0 Å². The lowest BCUT2D eigenvalue weighted by Crippen LogP contribution is -2.46. The third kappa shape index (κ3) is 4.04. The van der Waals surface area contributed by atoms with Gasteiger partial charge in [0, 0.05) is 24.1 Å². The quantitative estimate of drug-likeness (QED) is 0.439. The fourth-order valence-electron chi connectivity index (χ4n) is 2.04. The summed E-state index contributed by atoms with van der Waals surface area (Å²) < 4.78 is 11.0. The number of carboxylic acid groups (broad SMARTS) is 1. The molecular weight excluding hydrogens is 340 g/mol. The number of halogens is 1. The van der Waals surface area contributed by atoms with Gasteiger partial charge in [-0.15, -0.1) is 0 Å². The van der Waals surface area contributed by atoms with Crippen molar-refractivity contribution in [2.45, 2.75) is 25.7 Å². The molecule has 0 radical (unpaired) electrons. The lowest BCUT2D eigenvalue weighted by Gasteiger charge is -2.27. The Hall–Kier alpha value is -1.40. The van der Waals surface area contributed by atoms with E-state index in [1.165, 1.54) is 0 Å². The van der Waals surface area contributed by atoms with Crippen molar-refractivity contribution < 1.29 is 24.2 Å². The Morgan fingerprint density at radius 3 is 2.29 bits per heavy atom. The van der Waals surface area contributed by atoms with Crippen LogP contribution in [0.1, 0.15) is 25.8 Å². The number of carbonyl (C=O) groups is 2. The van der Waals surface area contributed by atoms with E-state index >= 15 is 0 Å². The minimum Gasteiger partial charge on any atom is -0.480 e. The van der Waals surface area contributed by atoms with Gasteiger partial charge in [-0.2, -0.15) is 0 Å². The normalized spacial score (nSPS) is 13.5. The first-order valence-electron chi connectivity index (χ1n) is 6.73. The zero-order valence-corrected chi connectivity index (χ0v) is 13.7. The van der Waals surface area contributed by atoms with Gasteiger partial charge in [0.1, 0.15) is 0 Å². The van der Waals surface area contributed by atoms with Gasteiger partial charge >= 0.3 is 11.9 Å². The van der Waals surface area contributed by atoms with Crippen LogP contribution in [0.5, 0.6) is 0 Å². The lowest BCUT2D eigenvalue weighted by molar-refractivity contribution is -0.162. The van der Waals surface area contributed by atoms with E-state index in [4.69, 9.17) is 9.47 Å². The number of carboxylic acids is 1. The summed E-state index contributed by atoms with van der Waals surface area (Å²) in [5.41, 5.74) is -1.36. The predicted molar refractivity (Wildman–Crippen MR) is 81.2 cm³/mol. The van der Waals surface area contributed by atoms with Crippen molar-refractivity contribution in [3.8, 4) is 0 Å². The summed E-state index contributed by atoms with van der Waals surface area (Å²) in [6.07, 6.45) is 0.0244. The number of hydrogen-bond acceptors (Lipinski definition) is 4. The maximum Gasteiger partial charge on any atom is 0.328 e. The lowest BCUT2D eigenvalue weighted by atomic mass is 9.77. The van der Waals surface area contributed by atoms with Crippen molar-refractivity contribution in [3.63, 3.8) is 0 Å². The molecule has 0 fully saturated rings. The Kier molecular flexibility index (Phi) is 6.84. The van der Waals surface area contributed by atoms with E-state index in [0.29, 0.717) is 12.2 Å². The second-order valence-corrected chi connectivity index (χ2v) is 5.30. The molecule has 6 heteroatoms. The van der Waals surface area contributed by atoms with Gasteiger partial charge in [-0.25, -0.2) is 0 Å². The number of benzene rings is 1. The Labute approximate surface area is 132 Å². The minimum absolute atomic E-state index is 0.0244. The summed E-state index contributed by atoms with van der Waals surface area (Å²) in [6, 6.07) is 6.63. The molecule has 5 nitrogen and oxygen atoms in total. The second-order valence-electron chi connectivity index (χ2n) is 4.38. The maximum absolute atomic E-state index is 12.3. The third-order valence-corrected chi connectivity index (χ3v) is 3.68. The molecule has 0 saturated heterocycles. The van der Waals surface area contributed by atoms with Crippen molar-refractivity contribution >= 4 is 27.9 Å². The van der Waals surface area contributed by atoms with Gasteiger partial charge < -0.3 is 14.6 Å². The predicted octanol–water partition coefficient (Wildman–Crippen LogP) is 2.76. The highest BCUT2D eigenvalue weighted by atomic mass is 79.9. The van der Waals surface area contributed by atoms with Crippen LogP contribution in [-0.2, 0) is 24.5 Å². The second kappa shape index (κ2) is 8.14. The summed E-state index contributed by atoms with van der Waals surface area (Å²) in [4.78, 5) is 24.2. The smallest absolute Gasteiger partial charge is 0.328 e. The summed E-state index contributed by atoms with van der Waals surface area (Å²) in [6.45, 7) is 4.21. The standard InChI is InChI=1S/C15H19BrO5/c1-3-20-10-9-15(13(17)18,14(19)21-4-2)11-5-7-12(16)8-6-11/h5-8H,3-4,9-10H2,1-2H3,(H,17,18). The number of esters is 1. The molecule has 1 rings (SSSR count). The van der Waals surface area contributed by atoms with Crippen molar-refractivity contribution in [2.24, 2.45) is 0 Å². The van der Waals surface area contributed by atoms with Crippen LogP contribution in [-0.4, -0.2) is 36.9 Å². The first-order chi connectivity index (χ1) is 9.98. The molecule has 0 bridgehead atoms. The average Bonchev–Trinajstić information content (AvgIpc) is 2.45. The molecule has 0 amide bonds. The Balaban J connectivity index is 3.25. The van der Waals surface area contributed by atoms with Crippen molar-refractivity contribution in [3.05, 3.63) is 34.3 Å². The number of carbonyl (C=O) groups excluding carboxylic acids is 1. The van der Waals surface area contributed by atoms with Crippen LogP contribution in [0.4, 0.5) is 0 Å². The van der Waals surface area contributed by atoms with Gasteiger partial charge in [-0.1, -0.05) is 28.1 Å². The Bertz CT molecular complexity index is 485. The van der Waals surface area contributed by atoms with Crippen molar-refractivity contribution in [1.29, 1.82) is 0 Å². The molecular formula is C15H19BrO5. The van der Waals surface area contributed by atoms with Crippen molar-refractivity contribution in [1.82, 2.24) is 0 Å². The molecule has 0 saturated carbocycles. The van der Waals surface area contributed by atoms with Gasteiger partial charge in [0.05, 0.1) is 6.61 Å². The van der Waals surface area contributed by atoms with Gasteiger partial charge in [-0.05, 0) is 31.5 Å². The first kappa shape index (κ1) is 17.7. The SMILES string of the molecule is CCOCCC(C(=O)O)(C(=O)OCC)c1ccc(Br)cc1. The van der Waals surface area contributed by atoms with Crippen molar-refractivity contribution in [2.75, 3.05) is 19.8 Å². The Morgan fingerprint density at radius 1 is 1.19 bits per heavy atom. The highest BCUT2D eigenvalue weighted by Crippen LogP contribution is 2.31. The van der Waals surface area contributed by atoms with E-state index in [1.54, 1.807) is 31.2 Å². The van der Waals surface area contributed by atoms with E-state index in [2.05, 4.69) is 15.9 Å². The molecule has 0 aliphatic rings. The Morgan fingerprint density at radius 2 is 1.81 bits per heavy atom. The maximum atomic E-state index is 12.3. The fraction of sp³-hybridized carbons (Fsp3) is 0.467. The molecule has 1 aromatic rings. The molecule has 21 heavy (non-hydrogen) atoms. The molecule has 0 aliphatic heterocycles. The molecule has 0 heterocycles. The van der Waals surface area contributed by atoms with E-state index in [-0.39, 0.29) is 19.6 Å². The van der Waals surface area contributed by atoms with Crippen LogP contribution in [0.2, 0.25) is 0 Å². The zero-order chi connectivity index (χ0) is 15.9. The zero-order valence-electron chi connectivity index (χ0n) is 12.1. The fourth-order valence-corrected chi connectivity index (χ4v) is 2.30. The van der Waals surface area contributed by atoms with E-state index in [9.17, 15) is 14.7 Å². The number of hydrogen-bond donors (Lipinski definition) is 1. The molecule has 116 valence electrons. The molecule has 0 spiro atoms. The average molecular weight is 359 g/mol. The van der Waals surface area contributed by atoms with Crippen LogP contribution in [0.25, 0.3) is 0 Å². The summed E-state index contributed by atoms with van der Waals surface area (Å²) in [5, 5.41) is 9.67. The largest absolute Gasteiger partial charge is 0.480 e. The van der Waals surface area contributed by atoms with E-state index < -0.39 is 17.4 Å². The molecule has 1 N–H and O–H groups in total. The van der Waals surface area contributed by atoms with Crippen LogP contribution < -0.4 is 0 Å². The summed E-state index contributed by atoms with van der Waals surface area (Å²) in [5.74, 6) is -2.00. The van der Waals surface area contributed by atoms with E-state index in [1.807, 2.05) is 6.92 Å². The van der Waals surface area contributed by atoms with Crippen LogP contribution in [0, 0.1) is 0 Å². The van der Waals surface area contributed by atoms with Crippen LogP contribution in [0.3, 0.4) is 0 Å². The monoisotopic (exact) mass is 358 g/mol. The number of ether oxygens (including phenoxy) is 2. The highest BCUT2D eigenvalue weighted by molar-refractivity contribution is 9.10. The summed E-state index contributed by atoms with van der Waals surface area (Å²) in [7, 11) is 0. The van der Waals surface area contributed by atoms with Gasteiger partial charge in [-0.3, -0.25) is 9.59 Å². The molecule has 0 aromatic heterocycles. The number of aliphatic carboxylic acids is 1.